The van der Waals surface area contributed by atoms with Gasteiger partial charge in [-0.1, -0.05) is 13.8 Å². The minimum atomic E-state index is -0.00175. The Morgan fingerprint density at radius 1 is 1.15 bits per heavy atom. The predicted octanol–water partition coefficient (Wildman–Crippen LogP) is 3.67. The van der Waals surface area contributed by atoms with Gasteiger partial charge in [-0.25, -0.2) is 4.98 Å². The van der Waals surface area contributed by atoms with Crippen molar-refractivity contribution in [1.29, 1.82) is 0 Å². The van der Waals surface area contributed by atoms with E-state index in [9.17, 15) is 9.59 Å². The van der Waals surface area contributed by atoms with Crippen LogP contribution >= 0.6 is 0 Å². The van der Waals surface area contributed by atoms with Crippen LogP contribution in [-0.4, -0.2) is 46.2 Å². The maximum atomic E-state index is 12.9. The lowest BCUT2D eigenvalue weighted by Crippen LogP contribution is -2.36. The highest BCUT2D eigenvalue weighted by molar-refractivity contribution is 5.96. The van der Waals surface area contributed by atoms with Crippen molar-refractivity contribution in [3.8, 4) is 0 Å². The van der Waals surface area contributed by atoms with Crippen LogP contribution < -0.4 is 4.90 Å². The number of carbonyl (C=O) groups is 2. The van der Waals surface area contributed by atoms with Crippen molar-refractivity contribution >= 4 is 23.3 Å². The molecule has 3 rings (SSSR count). The molecule has 0 spiro atoms. The fraction of sp³-hybridized carbons (Fsp3) is 0.571. The van der Waals surface area contributed by atoms with Crippen LogP contribution in [0, 0.1) is 12.8 Å². The molecule has 1 aliphatic heterocycles. The SMILES string of the molecule is CCC(CC)C(=O)N(C)c1c(C)nc2ccc(C(=O)N3CCCCC3)cn12. The van der Waals surface area contributed by atoms with E-state index in [0.29, 0.717) is 5.56 Å². The van der Waals surface area contributed by atoms with Gasteiger partial charge in [0.05, 0.1) is 11.3 Å². The van der Waals surface area contributed by atoms with Crippen LogP contribution in [0.3, 0.4) is 0 Å². The van der Waals surface area contributed by atoms with Crippen LogP contribution in [-0.2, 0) is 4.79 Å². The molecule has 6 heteroatoms. The van der Waals surface area contributed by atoms with E-state index < -0.39 is 0 Å². The highest BCUT2D eigenvalue weighted by Gasteiger charge is 2.25. The fourth-order valence-electron chi connectivity index (χ4n) is 3.98. The van der Waals surface area contributed by atoms with E-state index >= 15 is 0 Å². The normalized spacial score (nSPS) is 14.8. The topological polar surface area (TPSA) is 57.9 Å². The first-order chi connectivity index (χ1) is 13.0. The maximum Gasteiger partial charge on any atom is 0.255 e. The van der Waals surface area contributed by atoms with Gasteiger partial charge >= 0.3 is 0 Å². The molecular weight excluding hydrogens is 340 g/mol. The number of aromatic nitrogens is 2. The summed E-state index contributed by atoms with van der Waals surface area (Å²) in [5.74, 6) is 0.897. The van der Waals surface area contributed by atoms with E-state index in [4.69, 9.17) is 0 Å². The summed E-state index contributed by atoms with van der Waals surface area (Å²) in [6, 6.07) is 3.70. The molecular formula is C21H30N4O2. The standard InChI is InChI=1S/C21H30N4O2/c1-5-16(6-2)20(26)23(4)19-15(3)22-18-11-10-17(14-25(18)19)21(27)24-12-8-7-9-13-24/h10-11,14,16H,5-9,12-13H2,1-4H3. The highest BCUT2D eigenvalue weighted by Crippen LogP contribution is 2.25. The number of imidazole rings is 1. The number of amides is 2. The van der Waals surface area contributed by atoms with Crippen LogP contribution in [0.5, 0.6) is 0 Å². The van der Waals surface area contributed by atoms with Crippen molar-refractivity contribution in [2.45, 2.75) is 52.9 Å². The van der Waals surface area contributed by atoms with Gasteiger partial charge in [0.25, 0.3) is 5.91 Å². The van der Waals surface area contributed by atoms with Crippen LogP contribution in [0.25, 0.3) is 5.65 Å². The van der Waals surface area contributed by atoms with Crippen LogP contribution in [0.2, 0.25) is 0 Å². The highest BCUT2D eigenvalue weighted by atomic mass is 16.2. The Labute approximate surface area is 161 Å². The summed E-state index contributed by atoms with van der Waals surface area (Å²) in [4.78, 5) is 34.0. The predicted molar refractivity (Wildman–Crippen MR) is 107 cm³/mol. The average Bonchev–Trinajstić information content (AvgIpc) is 3.03. The molecule has 146 valence electrons. The van der Waals surface area contributed by atoms with Crippen LogP contribution in [0.15, 0.2) is 18.3 Å². The van der Waals surface area contributed by atoms with Gasteiger partial charge in [0, 0.05) is 32.3 Å². The third-order valence-corrected chi connectivity index (χ3v) is 5.63. The minimum absolute atomic E-state index is 0.00175. The Kier molecular flexibility index (Phi) is 5.82. The molecule has 2 amide bonds. The lowest BCUT2D eigenvalue weighted by atomic mass is 10.0. The lowest BCUT2D eigenvalue weighted by molar-refractivity contribution is -0.122. The first-order valence-corrected chi connectivity index (χ1v) is 10.0. The quantitative estimate of drug-likeness (QED) is 0.807. The number of likely N-dealkylation sites (tertiary alicyclic amines) is 1. The van der Waals surface area contributed by atoms with Crippen molar-refractivity contribution in [3.63, 3.8) is 0 Å². The zero-order valence-electron chi connectivity index (χ0n) is 16.9. The first-order valence-electron chi connectivity index (χ1n) is 10.0. The molecule has 0 aromatic carbocycles. The molecule has 3 heterocycles. The third kappa shape index (κ3) is 3.70. The van der Waals surface area contributed by atoms with Gasteiger partial charge in [-0.3, -0.25) is 18.9 Å². The molecule has 1 fully saturated rings. The molecule has 0 atom stereocenters. The zero-order chi connectivity index (χ0) is 19.6. The molecule has 0 saturated carbocycles. The minimum Gasteiger partial charge on any atom is -0.339 e. The van der Waals surface area contributed by atoms with Crippen molar-refractivity contribution < 1.29 is 9.59 Å². The second-order valence-corrected chi connectivity index (χ2v) is 7.43. The number of anilines is 1. The number of hydrogen-bond donors (Lipinski definition) is 0. The molecule has 0 bridgehead atoms. The van der Waals surface area contributed by atoms with Gasteiger partial charge in [-0.2, -0.15) is 0 Å². The third-order valence-electron chi connectivity index (χ3n) is 5.63. The number of rotatable bonds is 5. The molecule has 0 unspecified atom stereocenters. The largest absolute Gasteiger partial charge is 0.339 e. The summed E-state index contributed by atoms with van der Waals surface area (Å²) in [6.45, 7) is 7.62. The van der Waals surface area contributed by atoms with E-state index in [2.05, 4.69) is 4.98 Å². The van der Waals surface area contributed by atoms with Crippen molar-refractivity contribution in [3.05, 3.63) is 29.6 Å². The van der Waals surface area contributed by atoms with Gasteiger partial charge in [-0.15, -0.1) is 0 Å². The summed E-state index contributed by atoms with van der Waals surface area (Å²) >= 11 is 0. The number of aryl methyl sites for hydroxylation is 1. The van der Waals surface area contributed by atoms with Crippen LogP contribution in [0.1, 0.15) is 62.0 Å². The smallest absolute Gasteiger partial charge is 0.255 e. The van der Waals surface area contributed by atoms with E-state index in [-0.39, 0.29) is 17.7 Å². The van der Waals surface area contributed by atoms with Gasteiger partial charge in [-0.05, 0) is 51.2 Å². The molecule has 2 aromatic rings. The Hall–Kier alpha value is -2.37. The monoisotopic (exact) mass is 370 g/mol. The summed E-state index contributed by atoms with van der Waals surface area (Å²) in [5.41, 5.74) is 2.19. The van der Waals surface area contributed by atoms with Crippen molar-refractivity contribution in [1.82, 2.24) is 14.3 Å². The number of nitrogens with zero attached hydrogens (tertiary/aromatic N) is 4. The van der Waals surface area contributed by atoms with E-state index in [1.165, 1.54) is 6.42 Å². The Bertz CT molecular complexity index is 832. The second-order valence-electron chi connectivity index (χ2n) is 7.43. The average molecular weight is 370 g/mol. The summed E-state index contributed by atoms with van der Waals surface area (Å²) < 4.78 is 1.88. The van der Waals surface area contributed by atoms with Gasteiger partial charge in [0.1, 0.15) is 11.5 Å². The van der Waals surface area contributed by atoms with Gasteiger partial charge in [0.15, 0.2) is 0 Å². The van der Waals surface area contributed by atoms with Crippen molar-refractivity contribution in [2.24, 2.45) is 5.92 Å². The molecule has 0 radical (unpaired) electrons. The van der Waals surface area contributed by atoms with E-state index in [0.717, 1.165) is 55.9 Å². The molecule has 0 N–H and O–H groups in total. The number of fused-ring (bicyclic) bond motifs is 1. The number of pyridine rings is 1. The maximum absolute atomic E-state index is 12.9. The number of hydrogen-bond acceptors (Lipinski definition) is 3. The number of piperidine rings is 1. The molecule has 0 aliphatic carbocycles. The summed E-state index contributed by atoms with van der Waals surface area (Å²) in [6.07, 6.45) is 6.78. The lowest BCUT2D eigenvalue weighted by Gasteiger charge is -2.27. The summed E-state index contributed by atoms with van der Waals surface area (Å²) in [5, 5.41) is 0. The Balaban J connectivity index is 1.97. The zero-order valence-corrected chi connectivity index (χ0v) is 16.9. The molecule has 6 nitrogen and oxygen atoms in total. The van der Waals surface area contributed by atoms with Gasteiger partial charge in [0.2, 0.25) is 5.91 Å². The Morgan fingerprint density at radius 2 is 1.81 bits per heavy atom. The number of carbonyl (C=O) groups excluding carboxylic acids is 2. The molecule has 1 saturated heterocycles. The van der Waals surface area contributed by atoms with Gasteiger partial charge < -0.3 is 4.90 Å². The fourth-order valence-corrected chi connectivity index (χ4v) is 3.98. The van der Waals surface area contributed by atoms with Crippen molar-refractivity contribution in [2.75, 3.05) is 25.0 Å². The molecule has 1 aliphatic rings. The van der Waals surface area contributed by atoms with E-state index in [1.54, 1.807) is 11.9 Å². The van der Waals surface area contributed by atoms with Crippen LogP contribution in [0.4, 0.5) is 5.82 Å². The molecule has 27 heavy (non-hydrogen) atoms. The first kappa shape index (κ1) is 19.4. The molecule has 2 aromatic heterocycles. The second kappa shape index (κ2) is 8.11. The Morgan fingerprint density at radius 3 is 2.44 bits per heavy atom. The van der Waals surface area contributed by atoms with E-state index in [1.807, 2.05) is 48.4 Å². The summed E-state index contributed by atoms with van der Waals surface area (Å²) in [7, 11) is 1.80.